The van der Waals surface area contributed by atoms with Crippen molar-refractivity contribution in [3.63, 3.8) is 0 Å². The van der Waals surface area contributed by atoms with Crippen LogP contribution in [0.3, 0.4) is 0 Å². The molecule has 0 bridgehead atoms. The smallest absolute Gasteiger partial charge is 0.231 e. The van der Waals surface area contributed by atoms with Crippen LogP contribution in [-0.4, -0.2) is 15.0 Å². The van der Waals surface area contributed by atoms with Gasteiger partial charge in [0.25, 0.3) is 0 Å². The first-order chi connectivity index (χ1) is 13.4. The van der Waals surface area contributed by atoms with Crippen LogP contribution in [0.15, 0.2) is 58.9 Å². The lowest BCUT2D eigenvalue weighted by Gasteiger charge is -2.18. The molecule has 1 atom stereocenters. The molecular weight excluding hydrogens is 376 g/mol. The van der Waals surface area contributed by atoms with E-state index in [1.54, 1.807) is 6.92 Å². The SMILES string of the molecule is CCc1nc(Nc2ccc(C(C)(N)/N=N\N)cc2)nc(-c2cccc(Cl)c2)n1. The summed E-state index contributed by atoms with van der Waals surface area (Å²) in [5.74, 6) is 6.81. The largest absolute Gasteiger partial charge is 0.324 e. The molecule has 3 rings (SSSR count). The molecule has 1 heterocycles. The summed E-state index contributed by atoms with van der Waals surface area (Å²) in [6.07, 6.45) is 0.680. The number of aryl methyl sites for hydroxylation is 1. The summed E-state index contributed by atoms with van der Waals surface area (Å²) in [7, 11) is 0. The summed E-state index contributed by atoms with van der Waals surface area (Å²) in [4.78, 5) is 13.5. The minimum atomic E-state index is -0.991. The Bertz CT molecular complexity index is 985. The van der Waals surface area contributed by atoms with Gasteiger partial charge in [-0.3, -0.25) is 0 Å². The Morgan fingerprint density at radius 2 is 1.86 bits per heavy atom. The van der Waals surface area contributed by atoms with Gasteiger partial charge in [-0.2, -0.15) is 9.97 Å². The molecule has 0 saturated carbocycles. The van der Waals surface area contributed by atoms with Crippen molar-refractivity contribution >= 4 is 23.2 Å². The summed E-state index contributed by atoms with van der Waals surface area (Å²) in [6.45, 7) is 3.71. The Hall–Kier alpha value is -3.10. The van der Waals surface area contributed by atoms with Crippen molar-refractivity contribution in [3.05, 3.63) is 64.9 Å². The second-order valence-corrected chi connectivity index (χ2v) is 6.76. The second kappa shape index (κ2) is 8.28. The summed E-state index contributed by atoms with van der Waals surface area (Å²) >= 11 is 6.09. The first-order valence-electron chi connectivity index (χ1n) is 8.70. The van der Waals surface area contributed by atoms with Gasteiger partial charge in [-0.1, -0.05) is 48.0 Å². The molecule has 0 spiro atoms. The van der Waals surface area contributed by atoms with Crippen LogP contribution >= 0.6 is 11.6 Å². The van der Waals surface area contributed by atoms with E-state index >= 15 is 0 Å². The van der Waals surface area contributed by atoms with Crippen LogP contribution in [0, 0.1) is 0 Å². The van der Waals surface area contributed by atoms with Gasteiger partial charge in [-0.15, -0.1) is 5.11 Å². The van der Waals surface area contributed by atoms with Crippen LogP contribution in [0.25, 0.3) is 11.4 Å². The van der Waals surface area contributed by atoms with Gasteiger partial charge in [0.1, 0.15) is 5.82 Å². The normalized spacial score (nSPS) is 13.4. The minimum absolute atomic E-state index is 0.451. The van der Waals surface area contributed by atoms with E-state index in [-0.39, 0.29) is 0 Å². The molecule has 0 saturated heterocycles. The van der Waals surface area contributed by atoms with Crippen LogP contribution in [0.1, 0.15) is 25.2 Å². The predicted octanol–water partition coefficient (Wildman–Crippen LogP) is 3.96. The molecular formula is C19H21ClN8. The minimum Gasteiger partial charge on any atom is -0.324 e. The molecule has 1 unspecified atom stereocenters. The van der Waals surface area contributed by atoms with Crippen LogP contribution in [0.4, 0.5) is 11.6 Å². The van der Waals surface area contributed by atoms with E-state index in [0.717, 1.165) is 16.8 Å². The number of hydrogen-bond acceptors (Lipinski definition) is 7. The summed E-state index contributed by atoms with van der Waals surface area (Å²) in [5, 5.41) is 10.9. The molecule has 5 N–H and O–H groups in total. The highest BCUT2D eigenvalue weighted by atomic mass is 35.5. The number of halogens is 1. The number of hydrogen-bond donors (Lipinski definition) is 3. The van der Waals surface area contributed by atoms with Crippen molar-refractivity contribution in [3.8, 4) is 11.4 Å². The molecule has 0 amide bonds. The molecule has 1 aromatic heterocycles. The maximum absolute atomic E-state index is 6.09. The van der Waals surface area contributed by atoms with E-state index in [4.69, 9.17) is 23.2 Å². The number of rotatable bonds is 6. The summed E-state index contributed by atoms with van der Waals surface area (Å²) in [5.41, 5.74) is 7.49. The molecule has 9 heteroatoms. The fraction of sp³-hybridized carbons (Fsp3) is 0.211. The maximum atomic E-state index is 6.09. The van der Waals surface area contributed by atoms with E-state index in [0.29, 0.717) is 29.0 Å². The number of anilines is 2. The monoisotopic (exact) mass is 396 g/mol. The summed E-state index contributed by atoms with van der Waals surface area (Å²) in [6, 6.07) is 14.8. The second-order valence-electron chi connectivity index (χ2n) is 6.33. The van der Waals surface area contributed by atoms with Crippen LogP contribution in [-0.2, 0) is 12.1 Å². The highest BCUT2D eigenvalue weighted by Gasteiger charge is 2.20. The van der Waals surface area contributed by atoms with E-state index in [1.807, 2.05) is 55.5 Å². The lowest BCUT2D eigenvalue weighted by molar-refractivity contribution is 0.487. The van der Waals surface area contributed by atoms with E-state index < -0.39 is 5.66 Å². The molecule has 8 nitrogen and oxygen atoms in total. The van der Waals surface area contributed by atoms with Crippen molar-refractivity contribution in [2.24, 2.45) is 21.9 Å². The number of nitrogens with zero attached hydrogens (tertiary/aromatic N) is 5. The Morgan fingerprint density at radius 1 is 1.11 bits per heavy atom. The average Bonchev–Trinajstić information content (AvgIpc) is 2.68. The van der Waals surface area contributed by atoms with Gasteiger partial charge in [0.05, 0.1) is 0 Å². The number of nitrogens with two attached hydrogens (primary N) is 2. The zero-order chi connectivity index (χ0) is 20.1. The molecule has 144 valence electrons. The molecule has 0 fully saturated rings. The van der Waals surface area contributed by atoms with Gasteiger partial charge < -0.3 is 16.9 Å². The van der Waals surface area contributed by atoms with E-state index in [9.17, 15) is 0 Å². The van der Waals surface area contributed by atoms with Crippen LogP contribution in [0.2, 0.25) is 5.02 Å². The molecule has 28 heavy (non-hydrogen) atoms. The van der Waals surface area contributed by atoms with Gasteiger partial charge in [-0.05, 0) is 36.8 Å². The van der Waals surface area contributed by atoms with Crippen molar-refractivity contribution in [2.75, 3.05) is 5.32 Å². The number of nitrogens with one attached hydrogen (secondary N) is 1. The van der Waals surface area contributed by atoms with Crippen LogP contribution < -0.4 is 16.9 Å². The van der Waals surface area contributed by atoms with Gasteiger partial charge >= 0.3 is 0 Å². The highest BCUT2D eigenvalue weighted by molar-refractivity contribution is 6.30. The summed E-state index contributed by atoms with van der Waals surface area (Å²) < 4.78 is 0. The Labute approximate surface area is 168 Å². The topological polar surface area (TPSA) is 127 Å². The number of benzene rings is 2. The van der Waals surface area contributed by atoms with Crippen molar-refractivity contribution in [1.82, 2.24) is 15.0 Å². The van der Waals surface area contributed by atoms with E-state index in [1.165, 1.54) is 0 Å². The lowest BCUT2D eigenvalue weighted by Crippen LogP contribution is -2.30. The zero-order valence-electron chi connectivity index (χ0n) is 15.6. The van der Waals surface area contributed by atoms with Crippen LogP contribution in [0.5, 0.6) is 0 Å². The Kier molecular flexibility index (Phi) is 5.81. The Balaban J connectivity index is 1.89. The third-order valence-electron chi connectivity index (χ3n) is 4.07. The lowest BCUT2D eigenvalue weighted by atomic mass is 10.0. The van der Waals surface area contributed by atoms with Crippen molar-refractivity contribution in [1.29, 1.82) is 0 Å². The third-order valence-corrected chi connectivity index (χ3v) is 4.31. The van der Waals surface area contributed by atoms with Gasteiger partial charge in [0.15, 0.2) is 11.5 Å². The average molecular weight is 397 g/mol. The zero-order valence-corrected chi connectivity index (χ0v) is 16.4. The van der Waals surface area contributed by atoms with Crippen molar-refractivity contribution in [2.45, 2.75) is 25.9 Å². The third kappa shape index (κ3) is 4.59. The maximum Gasteiger partial charge on any atom is 0.231 e. The quantitative estimate of drug-likeness (QED) is 0.328. The molecule has 0 aliphatic carbocycles. The standard InChI is InChI=1S/C19H21ClN8/c1-3-16-24-17(12-5-4-6-14(20)11-12)26-18(25-16)23-15-9-7-13(8-10-15)19(2,21)27-28-22/h4-11H,3,21H2,1-2H3,(H2,22,27)(H,23,24,25,26). The molecule has 0 radical (unpaired) electrons. The molecule has 2 aromatic carbocycles. The van der Waals surface area contributed by atoms with Gasteiger partial charge in [-0.25, -0.2) is 4.98 Å². The number of aromatic nitrogens is 3. The Morgan fingerprint density at radius 3 is 2.50 bits per heavy atom. The first kappa shape index (κ1) is 19.7. The van der Waals surface area contributed by atoms with Gasteiger partial charge in [0, 0.05) is 22.7 Å². The highest BCUT2D eigenvalue weighted by Crippen LogP contribution is 2.24. The van der Waals surface area contributed by atoms with Crippen molar-refractivity contribution < 1.29 is 0 Å². The fourth-order valence-electron chi connectivity index (χ4n) is 2.59. The fourth-order valence-corrected chi connectivity index (χ4v) is 2.78. The van der Waals surface area contributed by atoms with Gasteiger partial charge in [0.2, 0.25) is 5.95 Å². The predicted molar refractivity (Wildman–Crippen MR) is 110 cm³/mol. The first-order valence-corrected chi connectivity index (χ1v) is 9.08. The molecule has 0 aliphatic rings. The molecule has 3 aromatic rings. The van der Waals surface area contributed by atoms with E-state index in [2.05, 4.69) is 30.6 Å². The molecule has 0 aliphatic heterocycles.